The third kappa shape index (κ3) is 1.59. The maximum Gasteiger partial charge on any atom is 0 e. The fourth-order valence-electron chi connectivity index (χ4n) is 0.227. The molecule has 6 heavy (non-hydrogen) atoms. The fraction of sp³-hybridized carbons (Fsp3) is 0. The summed E-state index contributed by atoms with van der Waals surface area (Å²) in [5, 5.41) is 4.08. The van der Waals surface area contributed by atoms with Crippen LogP contribution in [0.15, 0.2) is 22.9 Å². The third-order valence-electron chi connectivity index (χ3n) is 0.425. The SMILES string of the molecule is [Ni].c1ccsc1. The van der Waals surface area contributed by atoms with Gasteiger partial charge in [0.15, 0.2) is 0 Å². The molecular formula is C4H4NiS. The van der Waals surface area contributed by atoms with Crippen LogP contribution in [-0.2, 0) is 16.5 Å². The second-order valence-electron chi connectivity index (χ2n) is 0.793. The van der Waals surface area contributed by atoms with Gasteiger partial charge in [0.05, 0.1) is 0 Å². The minimum absolute atomic E-state index is 0. The first kappa shape index (κ1) is 6.19. The molecule has 0 saturated carbocycles. The second kappa shape index (κ2) is 3.39. The van der Waals surface area contributed by atoms with Crippen LogP contribution < -0.4 is 0 Å². The molecule has 0 fully saturated rings. The molecule has 0 saturated heterocycles. The molecule has 0 nitrogen and oxygen atoms in total. The van der Waals surface area contributed by atoms with E-state index < -0.39 is 0 Å². The van der Waals surface area contributed by atoms with Crippen molar-refractivity contribution in [1.29, 1.82) is 0 Å². The van der Waals surface area contributed by atoms with Gasteiger partial charge in [-0.1, -0.05) is 12.1 Å². The van der Waals surface area contributed by atoms with Crippen molar-refractivity contribution < 1.29 is 16.5 Å². The van der Waals surface area contributed by atoms with Gasteiger partial charge < -0.3 is 0 Å². The van der Waals surface area contributed by atoms with Crippen LogP contribution in [-0.4, -0.2) is 0 Å². The summed E-state index contributed by atoms with van der Waals surface area (Å²) in [7, 11) is 0. The second-order valence-corrected chi connectivity index (χ2v) is 1.61. The van der Waals surface area contributed by atoms with Crippen LogP contribution in [0, 0.1) is 0 Å². The van der Waals surface area contributed by atoms with Gasteiger partial charge in [0.1, 0.15) is 0 Å². The Hall–Kier alpha value is 0.194. The maximum atomic E-state index is 2.04. The van der Waals surface area contributed by atoms with E-state index in [-0.39, 0.29) is 16.5 Å². The van der Waals surface area contributed by atoms with E-state index in [9.17, 15) is 0 Å². The number of rotatable bonds is 0. The zero-order valence-corrected chi connectivity index (χ0v) is 4.84. The molecule has 0 aliphatic heterocycles. The minimum Gasteiger partial charge on any atom is -0.152 e. The van der Waals surface area contributed by atoms with Crippen LogP contribution in [0.2, 0.25) is 0 Å². The van der Waals surface area contributed by atoms with Gasteiger partial charge in [0.25, 0.3) is 0 Å². The zero-order valence-electron chi connectivity index (χ0n) is 3.03. The summed E-state index contributed by atoms with van der Waals surface area (Å²) in [6.07, 6.45) is 0. The van der Waals surface area contributed by atoms with Crippen molar-refractivity contribution in [3.8, 4) is 0 Å². The molecule has 36 valence electrons. The van der Waals surface area contributed by atoms with E-state index in [1.54, 1.807) is 11.3 Å². The Kier molecular flexibility index (Phi) is 3.50. The Bertz CT molecular complexity index is 64.0. The summed E-state index contributed by atoms with van der Waals surface area (Å²) < 4.78 is 0. The predicted octanol–water partition coefficient (Wildman–Crippen LogP) is 1.75. The van der Waals surface area contributed by atoms with Crippen molar-refractivity contribution in [2.75, 3.05) is 0 Å². The van der Waals surface area contributed by atoms with E-state index in [0.29, 0.717) is 0 Å². The van der Waals surface area contributed by atoms with Crippen LogP contribution >= 0.6 is 11.3 Å². The van der Waals surface area contributed by atoms with Crippen LogP contribution in [0.5, 0.6) is 0 Å². The molecule has 2 heteroatoms. The van der Waals surface area contributed by atoms with Gasteiger partial charge in [0.2, 0.25) is 0 Å². The van der Waals surface area contributed by atoms with E-state index in [0.717, 1.165) is 0 Å². The Morgan fingerprint density at radius 2 is 1.50 bits per heavy atom. The largest absolute Gasteiger partial charge is 0.152 e. The average Bonchev–Trinajstić information content (AvgIpc) is 1.76. The van der Waals surface area contributed by atoms with Gasteiger partial charge in [-0.15, -0.1) is 0 Å². The third-order valence-corrected chi connectivity index (χ3v) is 1.05. The number of thiophene rings is 1. The summed E-state index contributed by atoms with van der Waals surface area (Å²) in [5.74, 6) is 0. The molecule has 1 aromatic heterocycles. The van der Waals surface area contributed by atoms with E-state index in [1.165, 1.54) is 0 Å². The van der Waals surface area contributed by atoms with Gasteiger partial charge in [-0.05, 0) is 10.8 Å². The topological polar surface area (TPSA) is 0 Å². The number of hydrogen-bond donors (Lipinski definition) is 0. The Morgan fingerprint density at radius 1 is 1.00 bits per heavy atom. The molecule has 0 aromatic carbocycles. The van der Waals surface area contributed by atoms with Crippen LogP contribution in [0.3, 0.4) is 0 Å². The molecule has 0 N–H and O–H groups in total. The fourth-order valence-corrected chi connectivity index (χ4v) is 0.680. The summed E-state index contributed by atoms with van der Waals surface area (Å²) >= 11 is 1.71. The molecule has 0 aliphatic rings. The van der Waals surface area contributed by atoms with E-state index in [2.05, 4.69) is 0 Å². The summed E-state index contributed by atoms with van der Waals surface area (Å²) in [5.41, 5.74) is 0. The molecule has 0 unspecified atom stereocenters. The van der Waals surface area contributed by atoms with E-state index in [1.807, 2.05) is 22.9 Å². The smallest absolute Gasteiger partial charge is 0 e. The first-order valence-electron chi connectivity index (χ1n) is 1.47. The van der Waals surface area contributed by atoms with E-state index >= 15 is 0 Å². The van der Waals surface area contributed by atoms with Crippen molar-refractivity contribution >= 4 is 11.3 Å². The normalized spacial score (nSPS) is 6.67. The van der Waals surface area contributed by atoms with Gasteiger partial charge in [-0.25, -0.2) is 0 Å². The molecular weight excluding hydrogens is 139 g/mol. The standard InChI is InChI=1S/C4H4S.Ni/c1-2-4-5-3-1;/h1-4H;. The Morgan fingerprint density at radius 3 is 1.67 bits per heavy atom. The van der Waals surface area contributed by atoms with Crippen LogP contribution in [0.25, 0.3) is 0 Å². The molecule has 0 spiro atoms. The Balaban J connectivity index is 0.000000250. The van der Waals surface area contributed by atoms with E-state index in [4.69, 9.17) is 0 Å². The molecule has 0 aliphatic carbocycles. The van der Waals surface area contributed by atoms with Crippen molar-refractivity contribution in [3.63, 3.8) is 0 Å². The number of hydrogen-bond acceptors (Lipinski definition) is 1. The van der Waals surface area contributed by atoms with Crippen LogP contribution in [0.1, 0.15) is 0 Å². The van der Waals surface area contributed by atoms with Crippen molar-refractivity contribution in [2.45, 2.75) is 0 Å². The molecule has 0 bridgehead atoms. The predicted molar refractivity (Wildman–Crippen MR) is 24.3 cm³/mol. The van der Waals surface area contributed by atoms with Crippen molar-refractivity contribution in [2.24, 2.45) is 0 Å². The van der Waals surface area contributed by atoms with Gasteiger partial charge in [0, 0.05) is 16.5 Å². The molecule has 0 radical (unpaired) electrons. The first-order valence-corrected chi connectivity index (χ1v) is 2.41. The Labute approximate surface area is 51.1 Å². The van der Waals surface area contributed by atoms with Crippen molar-refractivity contribution in [3.05, 3.63) is 22.9 Å². The average molecular weight is 143 g/mol. The van der Waals surface area contributed by atoms with Gasteiger partial charge in [-0.3, -0.25) is 0 Å². The molecule has 0 amide bonds. The molecule has 1 heterocycles. The van der Waals surface area contributed by atoms with Crippen LogP contribution in [0.4, 0.5) is 0 Å². The maximum absolute atomic E-state index is 2.04. The molecule has 1 aromatic rings. The zero-order chi connectivity index (χ0) is 3.54. The monoisotopic (exact) mass is 142 g/mol. The first-order chi connectivity index (χ1) is 2.50. The molecule has 0 atom stereocenters. The van der Waals surface area contributed by atoms with Gasteiger partial charge in [-0.2, -0.15) is 11.3 Å². The summed E-state index contributed by atoms with van der Waals surface area (Å²) in [6.45, 7) is 0. The van der Waals surface area contributed by atoms with Gasteiger partial charge >= 0.3 is 0 Å². The van der Waals surface area contributed by atoms with Crippen molar-refractivity contribution in [1.82, 2.24) is 0 Å². The minimum atomic E-state index is 0. The molecule has 1 rings (SSSR count). The summed E-state index contributed by atoms with van der Waals surface area (Å²) in [4.78, 5) is 0. The quantitative estimate of drug-likeness (QED) is 0.485. The summed E-state index contributed by atoms with van der Waals surface area (Å²) in [6, 6.07) is 4.04.